The van der Waals surface area contributed by atoms with Crippen LogP contribution in [0.1, 0.15) is 6.92 Å². The van der Waals surface area contributed by atoms with Crippen molar-refractivity contribution in [2.45, 2.75) is 6.92 Å². The number of sulfonamides is 1. The second-order valence-electron chi connectivity index (χ2n) is 2.20. The van der Waals surface area contributed by atoms with Gasteiger partial charge in [0.05, 0.1) is 5.75 Å². The predicted molar refractivity (Wildman–Crippen MR) is 48.6 cm³/mol. The fourth-order valence-electron chi connectivity index (χ4n) is 0.474. The summed E-state index contributed by atoms with van der Waals surface area (Å²) in [4.78, 5) is 10.8. The summed E-state index contributed by atoms with van der Waals surface area (Å²) in [6.07, 6.45) is 1.41. The van der Waals surface area contributed by atoms with Gasteiger partial charge in [-0.05, 0) is 6.92 Å². The van der Waals surface area contributed by atoms with Gasteiger partial charge in [-0.25, -0.2) is 13.1 Å². The van der Waals surface area contributed by atoms with Gasteiger partial charge in [0.15, 0.2) is 0 Å². The van der Waals surface area contributed by atoms with Crippen molar-refractivity contribution in [1.82, 2.24) is 4.72 Å². The molecule has 0 spiro atoms. The standard InChI is InChI=1S/C7H13NO4S/c1-3-5-12-7(9)6-8-13(10,11)4-2/h3,8H,1,4-6H2,2H3. The zero-order chi connectivity index (χ0) is 10.3. The summed E-state index contributed by atoms with van der Waals surface area (Å²) < 4.78 is 28.3. The Balaban J connectivity index is 3.76. The van der Waals surface area contributed by atoms with Gasteiger partial charge in [0.1, 0.15) is 13.2 Å². The largest absolute Gasteiger partial charge is 0.460 e. The van der Waals surface area contributed by atoms with Crippen LogP contribution in [0.25, 0.3) is 0 Å². The van der Waals surface area contributed by atoms with Gasteiger partial charge in [0, 0.05) is 0 Å². The van der Waals surface area contributed by atoms with Gasteiger partial charge in [-0.1, -0.05) is 12.7 Å². The van der Waals surface area contributed by atoms with Crippen molar-refractivity contribution < 1.29 is 17.9 Å². The number of carbonyl (C=O) groups excluding carboxylic acids is 1. The molecule has 5 nitrogen and oxygen atoms in total. The highest BCUT2D eigenvalue weighted by atomic mass is 32.2. The van der Waals surface area contributed by atoms with Gasteiger partial charge in [-0.2, -0.15) is 0 Å². The Labute approximate surface area is 77.8 Å². The Morgan fingerprint density at radius 1 is 1.62 bits per heavy atom. The van der Waals surface area contributed by atoms with E-state index in [1.165, 1.54) is 13.0 Å². The average molecular weight is 207 g/mol. The molecule has 0 fully saturated rings. The molecule has 0 aliphatic heterocycles. The van der Waals surface area contributed by atoms with E-state index < -0.39 is 16.0 Å². The maximum absolute atomic E-state index is 10.8. The summed E-state index contributed by atoms with van der Waals surface area (Å²) in [7, 11) is -3.32. The minimum Gasteiger partial charge on any atom is -0.460 e. The number of ether oxygens (including phenoxy) is 1. The Hall–Kier alpha value is -0.880. The van der Waals surface area contributed by atoms with Crippen LogP contribution in [0.15, 0.2) is 12.7 Å². The Morgan fingerprint density at radius 3 is 2.69 bits per heavy atom. The summed E-state index contributed by atoms with van der Waals surface area (Å²) in [5, 5.41) is 0. The first kappa shape index (κ1) is 12.1. The minimum atomic E-state index is -3.32. The molecule has 0 saturated heterocycles. The maximum atomic E-state index is 10.8. The van der Waals surface area contributed by atoms with E-state index in [4.69, 9.17) is 0 Å². The van der Waals surface area contributed by atoms with Crippen LogP contribution in [-0.2, 0) is 19.6 Å². The van der Waals surface area contributed by atoms with Crippen LogP contribution in [0.2, 0.25) is 0 Å². The summed E-state index contributed by atoms with van der Waals surface area (Å²) in [5.74, 6) is -0.668. The highest BCUT2D eigenvalue weighted by molar-refractivity contribution is 7.89. The number of nitrogens with one attached hydrogen (secondary N) is 1. The molecule has 0 amide bonds. The molecule has 0 aromatic heterocycles. The zero-order valence-corrected chi connectivity index (χ0v) is 8.26. The van der Waals surface area contributed by atoms with Crippen LogP contribution >= 0.6 is 0 Å². The first-order valence-corrected chi connectivity index (χ1v) is 5.41. The van der Waals surface area contributed by atoms with Crippen LogP contribution in [0.5, 0.6) is 0 Å². The third-order valence-electron chi connectivity index (χ3n) is 1.18. The van der Waals surface area contributed by atoms with E-state index in [1.807, 2.05) is 0 Å². The summed E-state index contributed by atoms with van der Waals surface area (Å²) >= 11 is 0. The molecule has 0 aliphatic rings. The summed E-state index contributed by atoms with van der Waals surface area (Å²) in [6, 6.07) is 0. The topological polar surface area (TPSA) is 72.5 Å². The Morgan fingerprint density at radius 2 is 2.23 bits per heavy atom. The molecule has 0 saturated carbocycles. The van der Waals surface area contributed by atoms with E-state index in [9.17, 15) is 13.2 Å². The van der Waals surface area contributed by atoms with Crippen LogP contribution in [0, 0.1) is 0 Å². The lowest BCUT2D eigenvalue weighted by molar-refractivity contribution is -0.140. The van der Waals surface area contributed by atoms with Gasteiger partial charge in [0.2, 0.25) is 10.0 Å². The average Bonchev–Trinajstić information content (AvgIpc) is 2.11. The van der Waals surface area contributed by atoms with Crippen molar-refractivity contribution >= 4 is 16.0 Å². The molecule has 0 bridgehead atoms. The van der Waals surface area contributed by atoms with E-state index in [2.05, 4.69) is 16.0 Å². The maximum Gasteiger partial charge on any atom is 0.321 e. The smallest absolute Gasteiger partial charge is 0.321 e. The van der Waals surface area contributed by atoms with E-state index in [1.54, 1.807) is 0 Å². The fourth-order valence-corrected chi connectivity index (χ4v) is 1.02. The molecule has 0 radical (unpaired) electrons. The molecule has 0 aromatic rings. The Kier molecular flexibility index (Phi) is 5.33. The molecule has 76 valence electrons. The molecule has 0 aliphatic carbocycles. The lowest BCUT2D eigenvalue weighted by Gasteiger charge is -2.03. The van der Waals surface area contributed by atoms with Gasteiger partial charge < -0.3 is 4.74 Å². The summed E-state index contributed by atoms with van der Waals surface area (Å²) in [5.41, 5.74) is 0. The van der Waals surface area contributed by atoms with Gasteiger partial charge in [-0.15, -0.1) is 0 Å². The van der Waals surface area contributed by atoms with Gasteiger partial charge in [0.25, 0.3) is 0 Å². The van der Waals surface area contributed by atoms with Crippen LogP contribution < -0.4 is 4.72 Å². The molecule has 13 heavy (non-hydrogen) atoms. The van der Waals surface area contributed by atoms with E-state index in [0.717, 1.165) is 0 Å². The third-order valence-corrected chi connectivity index (χ3v) is 2.52. The molecule has 0 atom stereocenters. The number of hydrogen-bond acceptors (Lipinski definition) is 4. The van der Waals surface area contributed by atoms with Crippen molar-refractivity contribution in [3.8, 4) is 0 Å². The highest BCUT2D eigenvalue weighted by Gasteiger charge is 2.09. The second-order valence-corrected chi connectivity index (χ2v) is 4.29. The van der Waals surface area contributed by atoms with Crippen molar-refractivity contribution in [3.63, 3.8) is 0 Å². The van der Waals surface area contributed by atoms with Crippen LogP contribution in [-0.4, -0.2) is 33.3 Å². The Bertz CT molecular complexity index is 270. The first-order valence-electron chi connectivity index (χ1n) is 3.75. The van der Waals surface area contributed by atoms with Crippen molar-refractivity contribution in [2.24, 2.45) is 0 Å². The lowest BCUT2D eigenvalue weighted by Crippen LogP contribution is -2.31. The molecule has 1 N–H and O–H groups in total. The summed E-state index contributed by atoms with van der Waals surface area (Å²) in [6.45, 7) is 4.59. The lowest BCUT2D eigenvalue weighted by atomic mass is 10.6. The first-order chi connectivity index (χ1) is 6.02. The quantitative estimate of drug-likeness (QED) is 0.477. The second kappa shape index (κ2) is 5.71. The van der Waals surface area contributed by atoms with Crippen LogP contribution in [0.3, 0.4) is 0 Å². The number of hydrogen-bond donors (Lipinski definition) is 1. The van der Waals surface area contributed by atoms with Crippen molar-refractivity contribution in [1.29, 1.82) is 0 Å². The number of esters is 1. The highest BCUT2D eigenvalue weighted by Crippen LogP contribution is 1.83. The normalized spacial score (nSPS) is 10.8. The zero-order valence-electron chi connectivity index (χ0n) is 7.45. The van der Waals surface area contributed by atoms with Crippen molar-refractivity contribution in [3.05, 3.63) is 12.7 Å². The van der Waals surface area contributed by atoms with E-state index in [-0.39, 0.29) is 18.9 Å². The predicted octanol–water partition coefficient (Wildman–Crippen LogP) is -0.345. The fraction of sp³-hybridized carbons (Fsp3) is 0.571. The molecule has 0 heterocycles. The van der Waals surface area contributed by atoms with E-state index in [0.29, 0.717) is 0 Å². The molecule has 0 aromatic carbocycles. The monoisotopic (exact) mass is 207 g/mol. The molecular weight excluding hydrogens is 194 g/mol. The van der Waals surface area contributed by atoms with Gasteiger partial charge in [-0.3, -0.25) is 4.79 Å². The third kappa shape index (κ3) is 6.30. The number of carbonyl (C=O) groups is 1. The molecule has 6 heteroatoms. The molecule has 0 rings (SSSR count). The van der Waals surface area contributed by atoms with Crippen molar-refractivity contribution in [2.75, 3.05) is 18.9 Å². The van der Waals surface area contributed by atoms with Crippen LogP contribution in [0.4, 0.5) is 0 Å². The molecule has 0 unspecified atom stereocenters. The number of rotatable bonds is 6. The molecular formula is C7H13NO4S. The SMILES string of the molecule is C=CCOC(=O)CNS(=O)(=O)CC. The minimum absolute atomic E-state index is 0.0538. The van der Waals surface area contributed by atoms with Gasteiger partial charge >= 0.3 is 5.97 Å². The van der Waals surface area contributed by atoms with E-state index >= 15 is 0 Å².